The van der Waals surface area contributed by atoms with Crippen LogP contribution in [0.2, 0.25) is 0 Å². The van der Waals surface area contributed by atoms with E-state index in [9.17, 15) is 17.2 Å². The lowest BCUT2D eigenvalue weighted by molar-refractivity contribution is 0.582. The molecule has 13 heteroatoms. The quantitative estimate of drug-likeness (QED) is 0.317. The van der Waals surface area contributed by atoms with E-state index in [1.165, 1.54) is 36.9 Å². The van der Waals surface area contributed by atoms with Crippen LogP contribution in [-0.2, 0) is 10.0 Å². The molecule has 4 aromatic rings. The molecule has 0 aliphatic heterocycles. The number of benzene rings is 2. The van der Waals surface area contributed by atoms with Crippen molar-refractivity contribution in [1.82, 2.24) is 29.5 Å². The highest BCUT2D eigenvalue weighted by Crippen LogP contribution is 2.19. The zero-order chi connectivity index (χ0) is 23.3. The molecule has 3 N–H and O–H groups in total. The molecule has 2 heterocycles. The maximum absolute atomic E-state index is 13.2. The van der Waals surface area contributed by atoms with Crippen molar-refractivity contribution in [2.45, 2.75) is 4.90 Å². The number of hydrogen-bond donors (Lipinski definition) is 3. The maximum atomic E-state index is 13.2. The van der Waals surface area contributed by atoms with E-state index in [0.29, 0.717) is 17.3 Å². The summed E-state index contributed by atoms with van der Waals surface area (Å²) in [5.41, 5.74) is 0.614. The Hall–Kier alpha value is -3.97. The Morgan fingerprint density at radius 1 is 0.848 bits per heavy atom. The standard InChI is InChI=1S/C20H18F2N8O2S/c21-14-1-5-16(6-2-14)27-18-11-19(30-12-24-25-13-30)29-20(28-18)23-9-10-26-33(31,32)17-7-3-15(22)4-8-17/h1-8,11-13,26H,9-10H2,(H2,23,27,28,29). The van der Waals surface area contributed by atoms with Crippen LogP contribution in [0, 0.1) is 11.6 Å². The van der Waals surface area contributed by atoms with Gasteiger partial charge in [0.25, 0.3) is 0 Å². The summed E-state index contributed by atoms with van der Waals surface area (Å²) >= 11 is 0. The first kappa shape index (κ1) is 22.2. The molecule has 0 aliphatic rings. The van der Waals surface area contributed by atoms with Crippen LogP contribution in [0.25, 0.3) is 5.82 Å². The number of rotatable bonds is 9. The molecule has 0 saturated heterocycles. The maximum Gasteiger partial charge on any atom is 0.240 e. The largest absolute Gasteiger partial charge is 0.353 e. The lowest BCUT2D eigenvalue weighted by Crippen LogP contribution is -2.29. The summed E-state index contributed by atoms with van der Waals surface area (Å²) in [7, 11) is -3.79. The summed E-state index contributed by atoms with van der Waals surface area (Å²) in [4.78, 5) is 8.70. The molecule has 0 spiro atoms. The molecular weight excluding hydrogens is 454 g/mol. The molecule has 170 valence electrons. The zero-order valence-corrected chi connectivity index (χ0v) is 17.8. The third-order valence-corrected chi connectivity index (χ3v) is 5.81. The van der Waals surface area contributed by atoms with E-state index < -0.39 is 15.8 Å². The Morgan fingerprint density at radius 2 is 1.48 bits per heavy atom. The zero-order valence-electron chi connectivity index (χ0n) is 17.0. The average Bonchev–Trinajstić information content (AvgIpc) is 3.34. The minimum Gasteiger partial charge on any atom is -0.353 e. The van der Waals surface area contributed by atoms with Crippen molar-refractivity contribution in [3.63, 3.8) is 0 Å². The lowest BCUT2D eigenvalue weighted by Gasteiger charge is -2.12. The van der Waals surface area contributed by atoms with Crippen molar-refractivity contribution in [2.24, 2.45) is 0 Å². The highest BCUT2D eigenvalue weighted by atomic mass is 32.2. The van der Waals surface area contributed by atoms with Gasteiger partial charge in [-0.15, -0.1) is 10.2 Å². The van der Waals surface area contributed by atoms with E-state index in [-0.39, 0.29) is 29.8 Å². The number of sulfonamides is 1. The molecule has 0 bridgehead atoms. The molecule has 0 fully saturated rings. The second kappa shape index (κ2) is 9.67. The van der Waals surface area contributed by atoms with Gasteiger partial charge in [-0.1, -0.05) is 0 Å². The van der Waals surface area contributed by atoms with Crippen LogP contribution in [0.4, 0.5) is 26.2 Å². The lowest BCUT2D eigenvalue weighted by atomic mass is 10.3. The second-order valence-electron chi connectivity index (χ2n) is 6.71. The topological polar surface area (TPSA) is 127 Å². The van der Waals surface area contributed by atoms with Crippen molar-refractivity contribution in [2.75, 3.05) is 23.7 Å². The van der Waals surface area contributed by atoms with Crippen LogP contribution in [0.1, 0.15) is 0 Å². The minimum absolute atomic E-state index is 0.0284. The van der Waals surface area contributed by atoms with Gasteiger partial charge in [0, 0.05) is 24.8 Å². The molecule has 0 amide bonds. The number of nitrogens with one attached hydrogen (secondary N) is 3. The number of nitrogens with zero attached hydrogens (tertiary/aromatic N) is 5. The Balaban J connectivity index is 1.45. The van der Waals surface area contributed by atoms with Crippen molar-refractivity contribution in [3.8, 4) is 5.82 Å². The molecule has 0 unspecified atom stereocenters. The molecule has 4 rings (SSSR count). The van der Waals surface area contributed by atoms with Crippen LogP contribution in [0.15, 0.2) is 72.1 Å². The van der Waals surface area contributed by atoms with Gasteiger partial charge in [-0.2, -0.15) is 9.97 Å². The van der Waals surface area contributed by atoms with Crippen LogP contribution >= 0.6 is 0 Å². The van der Waals surface area contributed by atoms with Gasteiger partial charge in [0.2, 0.25) is 16.0 Å². The fourth-order valence-electron chi connectivity index (χ4n) is 2.77. The highest BCUT2D eigenvalue weighted by Gasteiger charge is 2.13. The van der Waals surface area contributed by atoms with Crippen LogP contribution < -0.4 is 15.4 Å². The summed E-state index contributed by atoms with van der Waals surface area (Å²) in [6.07, 6.45) is 2.93. The van der Waals surface area contributed by atoms with Gasteiger partial charge in [0.05, 0.1) is 4.90 Å². The Morgan fingerprint density at radius 3 is 2.15 bits per heavy atom. The summed E-state index contributed by atoms with van der Waals surface area (Å²) in [6.45, 7) is 0.197. The fourth-order valence-corrected chi connectivity index (χ4v) is 3.80. The van der Waals surface area contributed by atoms with Gasteiger partial charge in [-0.05, 0) is 48.5 Å². The molecule has 33 heavy (non-hydrogen) atoms. The van der Waals surface area contributed by atoms with E-state index in [4.69, 9.17) is 0 Å². The van der Waals surface area contributed by atoms with Gasteiger partial charge in [0.1, 0.15) is 35.9 Å². The van der Waals surface area contributed by atoms with Gasteiger partial charge < -0.3 is 10.6 Å². The van der Waals surface area contributed by atoms with Crippen LogP contribution in [-0.4, -0.2) is 46.2 Å². The van der Waals surface area contributed by atoms with E-state index in [0.717, 1.165) is 12.1 Å². The molecule has 0 saturated carbocycles. The Labute approximate surface area is 187 Å². The van der Waals surface area contributed by atoms with E-state index in [1.54, 1.807) is 22.8 Å². The molecule has 0 atom stereocenters. The first-order valence-electron chi connectivity index (χ1n) is 9.65. The van der Waals surface area contributed by atoms with Gasteiger partial charge in [-0.25, -0.2) is 21.9 Å². The molecule has 2 aromatic heterocycles. The number of aromatic nitrogens is 5. The number of anilines is 3. The molecule has 10 nitrogen and oxygen atoms in total. The van der Waals surface area contributed by atoms with Crippen molar-refractivity contribution in [1.29, 1.82) is 0 Å². The Bertz CT molecular complexity index is 1320. The van der Waals surface area contributed by atoms with Gasteiger partial charge >= 0.3 is 0 Å². The fraction of sp³-hybridized carbons (Fsp3) is 0.100. The summed E-state index contributed by atoms with van der Waals surface area (Å²) in [5.74, 6) is 0.195. The highest BCUT2D eigenvalue weighted by molar-refractivity contribution is 7.89. The van der Waals surface area contributed by atoms with E-state index in [2.05, 4.69) is 35.5 Å². The van der Waals surface area contributed by atoms with E-state index >= 15 is 0 Å². The second-order valence-corrected chi connectivity index (χ2v) is 8.48. The van der Waals surface area contributed by atoms with Crippen LogP contribution in [0.5, 0.6) is 0 Å². The predicted octanol–water partition coefficient (Wildman–Crippen LogP) is 2.47. The average molecular weight is 472 g/mol. The molecule has 2 aromatic carbocycles. The summed E-state index contributed by atoms with van der Waals surface area (Å²) < 4.78 is 54.8. The van der Waals surface area contributed by atoms with Gasteiger partial charge in [0.15, 0.2) is 0 Å². The SMILES string of the molecule is O=S(=O)(NCCNc1nc(Nc2ccc(F)cc2)cc(-n2cnnc2)n1)c1ccc(F)cc1. The monoisotopic (exact) mass is 472 g/mol. The normalized spacial score (nSPS) is 11.3. The summed E-state index contributed by atoms with van der Waals surface area (Å²) in [5, 5.41) is 13.5. The van der Waals surface area contributed by atoms with Crippen molar-refractivity contribution < 1.29 is 17.2 Å². The van der Waals surface area contributed by atoms with E-state index in [1.807, 2.05) is 0 Å². The van der Waals surface area contributed by atoms with Crippen molar-refractivity contribution >= 4 is 27.5 Å². The first-order chi connectivity index (χ1) is 15.9. The molecule has 0 radical (unpaired) electrons. The Kier molecular flexibility index (Phi) is 6.51. The van der Waals surface area contributed by atoms with Gasteiger partial charge in [-0.3, -0.25) is 4.57 Å². The third kappa shape index (κ3) is 5.84. The predicted molar refractivity (Wildman–Crippen MR) is 117 cm³/mol. The number of halogens is 2. The minimum atomic E-state index is -3.79. The van der Waals surface area contributed by atoms with Crippen LogP contribution in [0.3, 0.4) is 0 Å². The smallest absolute Gasteiger partial charge is 0.240 e. The number of hydrogen-bond acceptors (Lipinski definition) is 8. The summed E-state index contributed by atoms with van der Waals surface area (Å²) in [6, 6.07) is 11.9. The van der Waals surface area contributed by atoms with Crippen molar-refractivity contribution in [3.05, 3.63) is 78.9 Å². The third-order valence-electron chi connectivity index (χ3n) is 4.34. The molecular formula is C20H18F2N8O2S. The first-order valence-corrected chi connectivity index (χ1v) is 11.1. The molecule has 0 aliphatic carbocycles.